The van der Waals surface area contributed by atoms with Crippen LogP contribution in [0.3, 0.4) is 0 Å². The lowest BCUT2D eigenvalue weighted by Gasteiger charge is -2.07. The fraction of sp³-hybridized carbons (Fsp3) is 0.333. The highest BCUT2D eigenvalue weighted by atomic mass is 19.1. The number of nitrogens with two attached hydrogens (primary N) is 1. The van der Waals surface area contributed by atoms with E-state index in [1.54, 1.807) is 29.4 Å². The Bertz CT molecular complexity index is 592. The van der Waals surface area contributed by atoms with E-state index in [0.717, 1.165) is 24.9 Å². The molecule has 5 nitrogen and oxygen atoms in total. The fourth-order valence-electron chi connectivity index (χ4n) is 1.89. The van der Waals surface area contributed by atoms with E-state index in [1.165, 1.54) is 6.07 Å². The topological polar surface area (TPSA) is 68.2 Å². The summed E-state index contributed by atoms with van der Waals surface area (Å²) < 4.78 is 15.7. The monoisotopic (exact) mass is 289 g/mol. The third-order valence-corrected chi connectivity index (χ3v) is 3.06. The zero-order valence-electron chi connectivity index (χ0n) is 12.1. The molecule has 0 spiro atoms. The maximum atomic E-state index is 14.0. The van der Waals surface area contributed by atoms with E-state index in [2.05, 4.69) is 22.2 Å². The minimum Gasteiger partial charge on any atom is -0.370 e. The normalized spacial score (nSPS) is 11.6. The van der Waals surface area contributed by atoms with Crippen molar-refractivity contribution >= 4 is 5.96 Å². The van der Waals surface area contributed by atoms with Gasteiger partial charge in [-0.15, -0.1) is 0 Å². The number of aliphatic imine (C=N–C) groups is 1. The zero-order chi connectivity index (χ0) is 15.1. The Balaban J connectivity index is 1.99. The van der Waals surface area contributed by atoms with Crippen LogP contribution in [0.2, 0.25) is 0 Å². The van der Waals surface area contributed by atoms with E-state index in [-0.39, 0.29) is 5.82 Å². The van der Waals surface area contributed by atoms with Crippen LogP contribution in [0.25, 0.3) is 5.69 Å². The van der Waals surface area contributed by atoms with E-state index >= 15 is 0 Å². The van der Waals surface area contributed by atoms with Crippen molar-refractivity contribution in [2.75, 3.05) is 6.54 Å². The number of benzene rings is 1. The number of rotatable bonds is 6. The third-order valence-electron chi connectivity index (χ3n) is 3.06. The van der Waals surface area contributed by atoms with E-state index in [4.69, 9.17) is 5.73 Å². The van der Waals surface area contributed by atoms with Crippen LogP contribution in [0.5, 0.6) is 0 Å². The second-order valence-electron chi connectivity index (χ2n) is 4.74. The molecule has 0 fully saturated rings. The molecule has 0 saturated carbocycles. The second kappa shape index (κ2) is 7.42. The first-order chi connectivity index (χ1) is 10.2. The summed E-state index contributed by atoms with van der Waals surface area (Å²) in [4.78, 5) is 8.10. The number of hydrogen-bond donors (Lipinski definition) is 2. The second-order valence-corrected chi connectivity index (χ2v) is 4.74. The molecule has 2 aromatic rings. The molecule has 3 N–H and O–H groups in total. The first-order valence-electron chi connectivity index (χ1n) is 7.01. The Kier molecular flexibility index (Phi) is 5.31. The molecule has 0 saturated heterocycles. The van der Waals surface area contributed by atoms with E-state index in [0.29, 0.717) is 18.2 Å². The van der Waals surface area contributed by atoms with Gasteiger partial charge in [0.05, 0.1) is 18.6 Å². The van der Waals surface area contributed by atoms with Crippen molar-refractivity contribution in [3.8, 4) is 5.69 Å². The number of guanidine groups is 1. The molecule has 0 bridgehead atoms. The first-order valence-corrected chi connectivity index (χ1v) is 7.01. The fourth-order valence-corrected chi connectivity index (χ4v) is 1.89. The smallest absolute Gasteiger partial charge is 0.188 e. The van der Waals surface area contributed by atoms with Gasteiger partial charge in [0.15, 0.2) is 5.96 Å². The van der Waals surface area contributed by atoms with Crippen molar-refractivity contribution in [3.05, 3.63) is 48.3 Å². The van der Waals surface area contributed by atoms with Crippen LogP contribution in [-0.2, 0) is 6.54 Å². The Labute approximate surface area is 123 Å². The van der Waals surface area contributed by atoms with E-state index in [1.807, 2.05) is 6.07 Å². The van der Waals surface area contributed by atoms with Crippen LogP contribution in [0.15, 0.2) is 41.9 Å². The van der Waals surface area contributed by atoms with Crippen LogP contribution in [0.4, 0.5) is 4.39 Å². The molecule has 2 rings (SSSR count). The summed E-state index contributed by atoms with van der Waals surface area (Å²) in [6.45, 7) is 3.27. The van der Waals surface area contributed by atoms with Crippen molar-refractivity contribution in [3.63, 3.8) is 0 Å². The van der Waals surface area contributed by atoms with Crippen molar-refractivity contribution in [2.45, 2.75) is 26.3 Å². The lowest BCUT2D eigenvalue weighted by atomic mass is 10.2. The molecule has 0 radical (unpaired) electrons. The highest BCUT2D eigenvalue weighted by molar-refractivity contribution is 5.77. The van der Waals surface area contributed by atoms with Gasteiger partial charge in [0.2, 0.25) is 0 Å². The summed E-state index contributed by atoms with van der Waals surface area (Å²) in [6, 6.07) is 5.02. The molecule has 112 valence electrons. The lowest BCUT2D eigenvalue weighted by Crippen LogP contribution is -2.32. The summed E-state index contributed by atoms with van der Waals surface area (Å²) in [7, 11) is 0. The Morgan fingerprint density at radius 3 is 3.00 bits per heavy atom. The number of imidazole rings is 1. The molecule has 0 unspecified atom stereocenters. The molecule has 0 aliphatic carbocycles. The quantitative estimate of drug-likeness (QED) is 0.487. The standard InChI is InChI=1S/C15H20FN5/c1-2-3-6-19-15(17)20-10-12-4-5-14(13(16)9-12)21-8-7-18-11-21/h4-5,7-9,11H,2-3,6,10H2,1H3,(H3,17,19,20). The van der Waals surface area contributed by atoms with Gasteiger partial charge in [-0.25, -0.2) is 14.4 Å². The van der Waals surface area contributed by atoms with E-state index < -0.39 is 0 Å². The molecule has 1 heterocycles. The summed E-state index contributed by atoms with van der Waals surface area (Å²) >= 11 is 0. The number of halogens is 1. The summed E-state index contributed by atoms with van der Waals surface area (Å²) in [5, 5.41) is 3.02. The summed E-state index contributed by atoms with van der Waals surface area (Å²) in [5.41, 5.74) is 6.98. The van der Waals surface area contributed by atoms with Gasteiger partial charge in [-0.2, -0.15) is 0 Å². The number of aromatic nitrogens is 2. The molecule has 21 heavy (non-hydrogen) atoms. The highest BCUT2D eigenvalue weighted by Gasteiger charge is 2.05. The molecule has 1 aromatic carbocycles. The maximum absolute atomic E-state index is 14.0. The SMILES string of the molecule is CCCCNC(N)=NCc1ccc(-n2ccnc2)c(F)c1. The van der Waals surface area contributed by atoms with Crippen LogP contribution in [0, 0.1) is 5.82 Å². The Hall–Kier alpha value is -2.37. The van der Waals surface area contributed by atoms with Crippen LogP contribution in [-0.4, -0.2) is 22.1 Å². The number of nitrogens with one attached hydrogen (secondary N) is 1. The predicted octanol–water partition coefficient (Wildman–Crippen LogP) is 2.22. The minimum absolute atomic E-state index is 0.307. The van der Waals surface area contributed by atoms with Crippen LogP contribution in [0.1, 0.15) is 25.3 Å². The molecule has 0 aliphatic heterocycles. The minimum atomic E-state index is -0.307. The largest absolute Gasteiger partial charge is 0.370 e. The molecule has 0 amide bonds. The molecular formula is C15H20FN5. The predicted molar refractivity (Wildman–Crippen MR) is 81.8 cm³/mol. The zero-order valence-corrected chi connectivity index (χ0v) is 12.1. The third kappa shape index (κ3) is 4.30. The Morgan fingerprint density at radius 2 is 2.33 bits per heavy atom. The first kappa shape index (κ1) is 15.0. The van der Waals surface area contributed by atoms with Gasteiger partial charge in [0.25, 0.3) is 0 Å². The molecular weight excluding hydrogens is 269 g/mol. The highest BCUT2D eigenvalue weighted by Crippen LogP contribution is 2.15. The molecule has 0 aliphatic rings. The number of nitrogens with zero attached hydrogens (tertiary/aromatic N) is 3. The maximum Gasteiger partial charge on any atom is 0.188 e. The van der Waals surface area contributed by atoms with Crippen LogP contribution < -0.4 is 11.1 Å². The van der Waals surface area contributed by atoms with Crippen molar-refractivity contribution in [2.24, 2.45) is 10.7 Å². The van der Waals surface area contributed by atoms with Gasteiger partial charge in [-0.05, 0) is 24.1 Å². The molecule has 0 atom stereocenters. The van der Waals surface area contributed by atoms with Crippen molar-refractivity contribution in [1.82, 2.24) is 14.9 Å². The van der Waals surface area contributed by atoms with Gasteiger partial charge in [0.1, 0.15) is 5.82 Å². The lowest BCUT2D eigenvalue weighted by molar-refractivity contribution is 0.615. The molecule has 1 aromatic heterocycles. The average molecular weight is 289 g/mol. The number of unbranched alkanes of at least 4 members (excludes halogenated alkanes) is 1. The van der Waals surface area contributed by atoms with Gasteiger partial charge in [-0.1, -0.05) is 19.4 Å². The summed E-state index contributed by atoms with van der Waals surface area (Å²) in [5.74, 6) is 0.0840. The molecule has 6 heteroatoms. The van der Waals surface area contributed by atoms with Gasteiger partial charge >= 0.3 is 0 Å². The summed E-state index contributed by atoms with van der Waals surface area (Å²) in [6.07, 6.45) is 7.02. The van der Waals surface area contributed by atoms with Gasteiger partial charge in [0, 0.05) is 18.9 Å². The van der Waals surface area contributed by atoms with E-state index in [9.17, 15) is 4.39 Å². The van der Waals surface area contributed by atoms with Crippen LogP contribution >= 0.6 is 0 Å². The van der Waals surface area contributed by atoms with Gasteiger partial charge in [-0.3, -0.25) is 0 Å². The average Bonchev–Trinajstić information content (AvgIpc) is 2.99. The van der Waals surface area contributed by atoms with Gasteiger partial charge < -0.3 is 15.6 Å². The number of hydrogen-bond acceptors (Lipinski definition) is 2. The Morgan fingerprint density at radius 1 is 1.48 bits per heavy atom. The van der Waals surface area contributed by atoms with Crippen molar-refractivity contribution in [1.29, 1.82) is 0 Å². The van der Waals surface area contributed by atoms with Crippen molar-refractivity contribution < 1.29 is 4.39 Å².